The molecule has 1 aromatic carbocycles. The van der Waals surface area contributed by atoms with Crippen molar-refractivity contribution >= 4 is 23.2 Å². The molecule has 0 aliphatic rings. The van der Waals surface area contributed by atoms with E-state index in [4.69, 9.17) is 16.9 Å². The van der Waals surface area contributed by atoms with Gasteiger partial charge in [-0.1, -0.05) is 23.7 Å². The van der Waals surface area contributed by atoms with Gasteiger partial charge in [-0.15, -0.1) is 0 Å². The van der Waals surface area contributed by atoms with Crippen LogP contribution in [0.25, 0.3) is 11.3 Å². The zero-order chi connectivity index (χ0) is 18.5. The van der Waals surface area contributed by atoms with E-state index in [1.54, 1.807) is 36.4 Å². The van der Waals surface area contributed by atoms with Gasteiger partial charge in [-0.05, 0) is 30.3 Å². The Morgan fingerprint density at radius 2 is 1.96 bits per heavy atom. The zero-order valence-corrected chi connectivity index (χ0v) is 14.1. The van der Waals surface area contributed by atoms with Gasteiger partial charge < -0.3 is 5.32 Å². The molecule has 0 saturated heterocycles. The quantitative estimate of drug-likeness (QED) is 0.765. The van der Waals surface area contributed by atoms with Gasteiger partial charge in [0.1, 0.15) is 18.3 Å². The summed E-state index contributed by atoms with van der Waals surface area (Å²) in [6.07, 6.45) is 1.42. The maximum absolute atomic E-state index is 12.2. The second-order valence-corrected chi connectivity index (χ2v) is 5.75. The summed E-state index contributed by atoms with van der Waals surface area (Å²) in [7, 11) is 0. The Bertz CT molecular complexity index is 1050. The monoisotopic (exact) mass is 365 g/mol. The predicted molar refractivity (Wildman–Crippen MR) is 96.5 cm³/mol. The summed E-state index contributed by atoms with van der Waals surface area (Å²) in [5, 5.41) is 16.3. The lowest BCUT2D eigenvalue weighted by atomic mass is 10.1. The first-order chi connectivity index (χ1) is 12.5. The number of nitriles is 1. The topological polar surface area (TPSA) is 101 Å². The van der Waals surface area contributed by atoms with Crippen molar-refractivity contribution in [3.63, 3.8) is 0 Å². The van der Waals surface area contributed by atoms with E-state index in [0.29, 0.717) is 16.4 Å². The van der Waals surface area contributed by atoms with Gasteiger partial charge in [-0.25, -0.2) is 9.67 Å². The smallest absolute Gasteiger partial charge is 0.267 e. The summed E-state index contributed by atoms with van der Waals surface area (Å²) in [6, 6.07) is 14.8. The average molecular weight is 366 g/mol. The summed E-state index contributed by atoms with van der Waals surface area (Å²) >= 11 is 5.87. The molecule has 0 aliphatic carbocycles. The number of rotatable bonds is 4. The Labute approximate surface area is 153 Å². The van der Waals surface area contributed by atoms with Crippen LogP contribution in [0.2, 0.25) is 5.02 Å². The van der Waals surface area contributed by atoms with Gasteiger partial charge in [0.2, 0.25) is 5.91 Å². The summed E-state index contributed by atoms with van der Waals surface area (Å²) in [5.41, 5.74) is 1.53. The molecule has 3 aromatic rings. The molecule has 1 amide bonds. The molecule has 0 aliphatic heterocycles. The molecular formula is C18H12ClN5O2. The molecule has 0 unspecified atom stereocenters. The van der Waals surface area contributed by atoms with Crippen molar-refractivity contribution in [2.45, 2.75) is 6.54 Å². The summed E-state index contributed by atoms with van der Waals surface area (Å²) in [5.74, 6) is -0.442. The molecule has 0 radical (unpaired) electrons. The molecule has 0 saturated carbocycles. The molecule has 8 heteroatoms. The number of halogens is 1. The number of nitrogens with one attached hydrogen (secondary N) is 1. The van der Waals surface area contributed by atoms with E-state index in [0.717, 1.165) is 10.2 Å². The molecule has 7 nitrogen and oxygen atoms in total. The average Bonchev–Trinajstić information content (AvgIpc) is 2.64. The number of nitrogens with zero attached hydrogens (tertiary/aromatic N) is 4. The SMILES string of the molecule is N#Cc1cc(NC(=O)Cn2nc(-c3ccc(Cl)cc3)ccc2=O)ccn1. The number of amides is 1. The summed E-state index contributed by atoms with van der Waals surface area (Å²) in [6.45, 7) is -0.259. The minimum atomic E-state index is -0.442. The standard InChI is InChI=1S/C18H12ClN5O2/c19-13-3-1-12(2-4-13)16-5-6-18(26)24(23-16)11-17(25)22-14-7-8-21-15(9-14)10-20/h1-9H,11H2,(H,21,22,25). The molecule has 2 heterocycles. The van der Waals surface area contributed by atoms with Gasteiger partial charge in [-0.3, -0.25) is 9.59 Å². The van der Waals surface area contributed by atoms with E-state index in [9.17, 15) is 9.59 Å². The predicted octanol–water partition coefficient (Wildman–Crippen LogP) is 2.47. The summed E-state index contributed by atoms with van der Waals surface area (Å²) < 4.78 is 1.08. The van der Waals surface area contributed by atoms with Crippen LogP contribution in [0, 0.1) is 11.3 Å². The Hall–Kier alpha value is -3.50. The third kappa shape index (κ3) is 4.12. The Morgan fingerprint density at radius 1 is 1.19 bits per heavy atom. The molecule has 0 fully saturated rings. The molecule has 0 atom stereocenters. The number of pyridine rings is 1. The van der Waals surface area contributed by atoms with Crippen LogP contribution in [-0.2, 0) is 11.3 Å². The number of aromatic nitrogens is 3. The Balaban J connectivity index is 1.79. The molecule has 1 N–H and O–H groups in total. The maximum Gasteiger partial charge on any atom is 0.267 e. The van der Waals surface area contributed by atoms with Crippen molar-refractivity contribution in [1.29, 1.82) is 5.26 Å². The van der Waals surface area contributed by atoms with Crippen molar-refractivity contribution in [2.24, 2.45) is 0 Å². The number of hydrogen-bond acceptors (Lipinski definition) is 5. The van der Waals surface area contributed by atoms with E-state index in [2.05, 4.69) is 15.4 Å². The number of anilines is 1. The second kappa shape index (κ2) is 7.59. The highest BCUT2D eigenvalue weighted by Crippen LogP contribution is 2.18. The maximum atomic E-state index is 12.2. The van der Waals surface area contributed by atoms with Crippen LogP contribution >= 0.6 is 11.6 Å². The number of carbonyl (C=O) groups is 1. The van der Waals surface area contributed by atoms with Crippen molar-refractivity contribution in [3.05, 3.63) is 75.8 Å². The lowest BCUT2D eigenvalue weighted by Gasteiger charge is -2.08. The third-order valence-corrected chi connectivity index (χ3v) is 3.71. The van der Waals surface area contributed by atoms with E-state index >= 15 is 0 Å². The fraction of sp³-hybridized carbons (Fsp3) is 0.0556. The van der Waals surface area contributed by atoms with Crippen LogP contribution in [0.4, 0.5) is 5.69 Å². The van der Waals surface area contributed by atoms with E-state index in [1.165, 1.54) is 18.3 Å². The van der Waals surface area contributed by atoms with Crippen LogP contribution in [0.1, 0.15) is 5.69 Å². The Morgan fingerprint density at radius 3 is 2.69 bits per heavy atom. The van der Waals surface area contributed by atoms with E-state index in [-0.39, 0.29) is 12.2 Å². The molecule has 3 rings (SSSR count). The first-order valence-corrected chi connectivity index (χ1v) is 7.93. The van der Waals surface area contributed by atoms with Crippen LogP contribution in [-0.4, -0.2) is 20.7 Å². The van der Waals surface area contributed by atoms with Crippen molar-refractivity contribution in [2.75, 3.05) is 5.32 Å². The van der Waals surface area contributed by atoms with Gasteiger partial charge >= 0.3 is 0 Å². The van der Waals surface area contributed by atoms with Crippen LogP contribution in [0.5, 0.6) is 0 Å². The molecule has 128 valence electrons. The minimum absolute atomic E-state index is 0.183. The third-order valence-electron chi connectivity index (χ3n) is 3.46. The van der Waals surface area contributed by atoms with Gasteiger partial charge in [0.25, 0.3) is 5.56 Å². The molecule has 0 bridgehead atoms. The minimum Gasteiger partial charge on any atom is -0.324 e. The fourth-order valence-corrected chi connectivity index (χ4v) is 2.37. The highest BCUT2D eigenvalue weighted by molar-refractivity contribution is 6.30. The number of carbonyl (C=O) groups excluding carboxylic acids is 1. The largest absolute Gasteiger partial charge is 0.324 e. The van der Waals surface area contributed by atoms with Crippen LogP contribution < -0.4 is 10.9 Å². The fourth-order valence-electron chi connectivity index (χ4n) is 2.24. The van der Waals surface area contributed by atoms with Gasteiger partial charge in [0, 0.05) is 28.5 Å². The normalized spacial score (nSPS) is 10.2. The number of benzene rings is 1. The van der Waals surface area contributed by atoms with Gasteiger partial charge in [0.05, 0.1) is 5.69 Å². The van der Waals surface area contributed by atoms with Gasteiger partial charge in [0.15, 0.2) is 0 Å². The molecule has 26 heavy (non-hydrogen) atoms. The highest BCUT2D eigenvalue weighted by Gasteiger charge is 2.09. The van der Waals surface area contributed by atoms with Crippen LogP contribution in [0.3, 0.4) is 0 Å². The first kappa shape index (κ1) is 17.3. The van der Waals surface area contributed by atoms with Crippen LogP contribution in [0.15, 0.2) is 59.5 Å². The highest BCUT2D eigenvalue weighted by atomic mass is 35.5. The van der Waals surface area contributed by atoms with Crippen molar-refractivity contribution in [1.82, 2.24) is 14.8 Å². The van der Waals surface area contributed by atoms with E-state index < -0.39 is 11.5 Å². The summed E-state index contributed by atoms with van der Waals surface area (Å²) in [4.78, 5) is 28.0. The molecular weight excluding hydrogens is 354 g/mol. The zero-order valence-electron chi connectivity index (χ0n) is 13.4. The van der Waals surface area contributed by atoms with Gasteiger partial charge in [-0.2, -0.15) is 10.4 Å². The lowest BCUT2D eigenvalue weighted by Crippen LogP contribution is -2.29. The van der Waals surface area contributed by atoms with E-state index in [1.807, 2.05) is 6.07 Å². The number of hydrogen-bond donors (Lipinski definition) is 1. The first-order valence-electron chi connectivity index (χ1n) is 7.55. The second-order valence-electron chi connectivity index (χ2n) is 5.31. The van der Waals surface area contributed by atoms with Crippen molar-refractivity contribution < 1.29 is 4.79 Å². The Kier molecular flexibility index (Phi) is 5.06. The molecule has 0 spiro atoms. The van der Waals surface area contributed by atoms with Crippen molar-refractivity contribution in [3.8, 4) is 17.3 Å². The lowest BCUT2D eigenvalue weighted by molar-refractivity contribution is -0.117. The molecule has 2 aromatic heterocycles.